The van der Waals surface area contributed by atoms with Crippen LogP contribution in [-0.4, -0.2) is 30.4 Å². The third-order valence-electron chi connectivity index (χ3n) is 4.46. The molecule has 1 heterocycles. The van der Waals surface area contributed by atoms with Crippen molar-refractivity contribution >= 4 is 45.5 Å². The highest BCUT2D eigenvalue weighted by Gasteiger charge is 2.20. The molecule has 0 aliphatic heterocycles. The zero-order chi connectivity index (χ0) is 20.6. The van der Waals surface area contributed by atoms with Crippen molar-refractivity contribution in [2.24, 2.45) is 0 Å². The van der Waals surface area contributed by atoms with Crippen molar-refractivity contribution in [3.8, 4) is 0 Å². The predicted molar refractivity (Wildman–Crippen MR) is 111 cm³/mol. The van der Waals surface area contributed by atoms with E-state index in [1.54, 1.807) is 36.4 Å². The number of esters is 1. The number of hydrogen-bond acceptors (Lipinski definition) is 5. The van der Waals surface area contributed by atoms with Crippen molar-refractivity contribution in [1.29, 1.82) is 0 Å². The molecule has 1 aliphatic carbocycles. The minimum Gasteiger partial charge on any atom is -0.452 e. The lowest BCUT2D eigenvalue weighted by molar-refractivity contribution is -0.142. The van der Waals surface area contributed by atoms with Gasteiger partial charge >= 0.3 is 5.97 Å². The molecule has 1 fully saturated rings. The standard InChI is InChI=1S/C21H21BrN2O5/c22-18-11-9-15(29-18)10-12-20(26)28-13-19(25)24-17-8-4-3-7-16(17)21(27)23-14-5-1-2-6-14/h3-4,7-12,14H,1-2,5-6,13H2,(H,23,27)(H,24,25)/b12-10+. The first-order valence-electron chi connectivity index (χ1n) is 9.31. The fourth-order valence-corrected chi connectivity index (χ4v) is 3.38. The molecule has 2 amide bonds. The minimum atomic E-state index is -0.681. The number of halogens is 1. The quantitative estimate of drug-likeness (QED) is 0.482. The molecule has 2 aromatic rings. The van der Waals surface area contributed by atoms with Gasteiger partial charge in [-0.2, -0.15) is 0 Å². The molecule has 1 aromatic heterocycles. The Morgan fingerprint density at radius 1 is 1.14 bits per heavy atom. The second-order valence-corrected chi connectivity index (χ2v) is 7.41. The predicted octanol–water partition coefficient (Wildman–Crippen LogP) is 3.91. The van der Waals surface area contributed by atoms with E-state index in [0.717, 1.165) is 25.7 Å². The Hall–Kier alpha value is -2.87. The van der Waals surface area contributed by atoms with Gasteiger partial charge in [0.2, 0.25) is 0 Å². The molecular weight excluding hydrogens is 440 g/mol. The summed E-state index contributed by atoms with van der Waals surface area (Å²) in [5.74, 6) is -0.966. The maximum atomic E-state index is 12.5. The van der Waals surface area contributed by atoms with E-state index >= 15 is 0 Å². The number of carbonyl (C=O) groups is 3. The van der Waals surface area contributed by atoms with Gasteiger partial charge in [0.25, 0.3) is 11.8 Å². The topological polar surface area (TPSA) is 97.6 Å². The number of carbonyl (C=O) groups excluding carboxylic acids is 3. The molecule has 1 saturated carbocycles. The van der Waals surface area contributed by atoms with E-state index in [-0.39, 0.29) is 11.9 Å². The fourth-order valence-electron chi connectivity index (χ4n) is 3.06. The number of para-hydroxylation sites is 1. The van der Waals surface area contributed by atoms with Crippen molar-refractivity contribution in [2.75, 3.05) is 11.9 Å². The van der Waals surface area contributed by atoms with E-state index < -0.39 is 18.5 Å². The summed E-state index contributed by atoms with van der Waals surface area (Å²) in [6.07, 6.45) is 6.77. The third-order valence-corrected chi connectivity index (χ3v) is 4.89. The van der Waals surface area contributed by atoms with Crippen LogP contribution in [0.15, 0.2) is 51.6 Å². The second kappa shape index (κ2) is 10.1. The van der Waals surface area contributed by atoms with Crippen LogP contribution >= 0.6 is 15.9 Å². The van der Waals surface area contributed by atoms with E-state index in [0.29, 0.717) is 21.7 Å². The van der Waals surface area contributed by atoms with Crippen LogP contribution in [0.3, 0.4) is 0 Å². The minimum absolute atomic E-state index is 0.175. The van der Waals surface area contributed by atoms with Crippen LogP contribution in [0, 0.1) is 0 Å². The number of rotatable bonds is 7. The molecule has 0 saturated heterocycles. The van der Waals surface area contributed by atoms with Gasteiger partial charge in [0, 0.05) is 12.1 Å². The van der Waals surface area contributed by atoms with Gasteiger partial charge < -0.3 is 19.8 Å². The van der Waals surface area contributed by atoms with E-state index in [2.05, 4.69) is 26.6 Å². The smallest absolute Gasteiger partial charge is 0.331 e. The molecule has 0 bridgehead atoms. The summed E-state index contributed by atoms with van der Waals surface area (Å²) < 4.78 is 10.7. The Labute approximate surface area is 176 Å². The fraction of sp³-hybridized carbons (Fsp3) is 0.286. The molecule has 3 rings (SSSR count). The van der Waals surface area contributed by atoms with Gasteiger partial charge in [-0.25, -0.2) is 4.79 Å². The molecule has 2 N–H and O–H groups in total. The molecule has 152 valence electrons. The number of anilines is 1. The maximum absolute atomic E-state index is 12.5. The Bertz CT molecular complexity index is 915. The van der Waals surface area contributed by atoms with Crippen LogP contribution in [0.25, 0.3) is 6.08 Å². The van der Waals surface area contributed by atoms with Gasteiger partial charge in [-0.05, 0) is 59.1 Å². The number of furan rings is 1. The van der Waals surface area contributed by atoms with Gasteiger partial charge in [0.15, 0.2) is 11.3 Å². The first-order valence-corrected chi connectivity index (χ1v) is 10.1. The van der Waals surface area contributed by atoms with Crippen LogP contribution in [0.2, 0.25) is 0 Å². The molecular formula is C21H21BrN2O5. The molecule has 7 nitrogen and oxygen atoms in total. The van der Waals surface area contributed by atoms with Crippen molar-refractivity contribution < 1.29 is 23.5 Å². The normalized spacial score (nSPS) is 14.1. The van der Waals surface area contributed by atoms with Crippen molar-refractivity contribution in [1.82, 2.24) is 5.32 Å². The van der Waals surface area contributed by atoms with Crippen LogP contribution in [0.4, 0.5) is 5.69 Å². The summed E-state index contributed by atoms with van der Waals surface area (Å²) in [4.78, 5) is 36.4. The second-order valence-electron chi connectivity index (χ2n) is 6.63. The number of hydrogen-bond donors (Lipinski definition) is 2. The van der Waals surface area contributed by atoms with Gasteiger partial charge in [-0.1, -0.05) is 25.0 Å². The summed E-state index contributed by atoms with van der Waals surface area (Å²) in [6, 6.07) is 10.3. The number of ether oxygens (including phenoxy) is 1. The molecule has 0 unspecified atom stereocenters. The number of amides is 2. The average Bonchev–Trinajstić information content (AvgIpc) is 3.36. The highest BCUT2D eigenvalue weighted by atomic mass is 79.9. The van der Waals surface area contributed by atoms with Gasteiger partial charge in [0.1, 0.15) is 5.76 Å². The average molecular weight is 461 g/mol. The molecule has 8 heteroatoms. The van der Waals surface area contributed by atoms with Crippen LogP contribution in [0.1, 0.15) is 41.8 Å². The van der Waals surface area contributed by atoms with Crippen molar-refractivity contribution in [2.45, 2.75) is 31.7 Å². The summed E-state index contributed by atoms with van der Waals surface area (Å²) in [5.41, 5.74) is 0.752. The molecule has 1 aliphatic rings. The lowest BCUT2D eigenvalue weighted by Gasteiger charge is -2.15. The Morgan fingerprint density at radius 3 is 2.62 bits per heavy atom. The number of nitrogens with one attached hydrogen (secondary N) is 2. The zero-order valence-electron chi connectivity index (χ0n) is 15.7. The Kier molecular flexibility index (Phi) is 7.24. The van der Waals surface area contributed by atoms with E-state index in [9.17, 15) is 14.4 Å². The summed E-state index contributed by atoms with van der Waals surface area (Å²) in [5, 5.41) is 5.62. The molecule has 1 aromatic carbocycles. The molecule has 0 spiro atoms. The molecule has 29 heavy (non-hydrogen) atoms. The van der Waals surface area contributed by atoms with Gasteiger partial charge in [-0.3, -0.25) is 9.59 Å². The third kappa shape index (κ3) is 6.32. The Morgan fingerprint density at radius 2 is 1.90 bits per heavy atom. The van der Waals surface area contributed by atoms with Crippen LogP contribution < -0.4 is 10.6 Å². The molecule has 0 atom stereocenters. The largest absolute Gasteiger partial charge is 0.452 e. The van der Waals surface area contributed by atoms with Crippen LogP contribution in [0.5, 0.6) is 0 Å². The summed E-state index contributed by atoms with van der Waals surface area (Å²) in [6.45, 7) is -0.469. The van der Waals surface area contributed by atoms with E-state index in [1.165, 1.54) is 12.2 Å². The SMILES string of the molecule is O=C(COC(=O)/C=C/c1ccc(Br)o1)Nc1ccccc1C(=O)NC1CCCC1. The first-order chi connectivity index (χ1) is 14.0. The van der Waals surface area contributed by atoms with Gasteiger partial charge in [-0.15, -0.1) is 0 Å². The number of benzene rings is 1. The first kappa shape index (κ1) is 20.9. The summed E-state index contributed by atoms with van der Waals surface area (Å²) >= 11 is 3.16. The zero-order valence-corrected chi connectivity index (χ0v) is 17.2. The highest BCUT2D eigenvalue weighted by Crippen LogP contribution is 2.20. The van der Waals surface area contributed by atoms with E-state index in [4.69, 9.17) is 9.15 Å². The van der Waals surface area contributed by atoms with Crippen LogP contribution in [-0.2, 0) is 14.3 Å². The lowest BCUT2D eigenvalue weighted by Crippen LogP contribution is -2.33. The summed E-state index contributed by atoms with van der Waals surface area (Å²) in [7, 11) is 0. The highest BCUT2D eigenvalue weighted by molar-refractivity contribution is 9.10. The maximum Gasteiger partial charge on any atom is 0.331 e. The van der Waals surface area contributed by atoms with E-state index in [1.807, 2.05) is 0 Å². The van der Waals surface area contributed by atoms with Gasteiger partial charge in [0.05, 0.1) is 11.3 Å². The van der Waals surface area contributed by atoms with Crippen molar-refractivity contribution in [3.63, 3.8) is 0 Å². The lowest BCUT2D eigenvalue weighted by atomic mass is 10.1. The monoisotopic (exact) mass is 460 g/mol. The Balaban J connectivity index is 1.51. The molecule has 0 radical (unpaired) electrons. The van der Waals surface area contributed by atoms with Crippen molar-refractivity contribution in [3.05, 3.63) is 58.5 Å².